The molecule has 1 aliphatic heterocycles. The highest BCUT2D eigenvalue weighted by Gasteiger charge is 2.43. The second-order valence-corrected chi connectivity index (χ2v) is 4.50. The van der Waals surface area contributed by atoms with E-state index >= 15 is 0 Å². The van der Waals surface area contributed by atoms with Crippen LogP contribution < -0.4 is 10.6 Å². The van der Waals surface area contributed by atoms with E-state index in [1.807, 2.05) is 39.1 Å². The second kappa shape index (κ2) is 3.07. The lowest BCUT2D eigenvalue weighted by Gasteiger charge is -2.18. The minimum absolute atomic E-state index is 0.137. The molecule has 80 valence electrons. The van der Waals surface area contributed by atoms with Gasteiger partial charge in [-0.3, -0.25) is 4.79 Å². The average Bonchev–Trinajstić information content (AvgIpc) is 2.41. The number of carbonyl (C=O) groups excluding carboxylic acids is 1. The summed E-state index contributed by atoms with van der Waals surface area (Å²) in [7, 11) is 1.82. The van der Waals surface area contributed by atoms with Gasteiger partial charge in [-0.05, 0) is 31.0 Å². The molecule has 0 fully saturated rings. The number of likely N-dealkylation sites (N-methyl/N-ethyl adjacent to an activating group) is 1. The monoisotopic (exact) mass is 204 g/mol. The lowest BCUT2D eigenvalue weighted by molar-refractivity contribution is -0.121. The molecule has 1 aliphatic rings. The van der Waals surface area contributed by atoms with Crippen molar-refractivity contribution in [1.82, 2.24) is 0 Å². The van der Waals surface area contributed by atoms with E-state index in [1.165, 1.54) is 0 Å². The van der Waals surface area contributed by atoms with Gasteiger partial charge in [0.2, 0.25) is 5.91 Å². The number of carbonyl (C=O) groups is 1. The van der Waals surface area contributed by atoms with E-state index in [-0.39, 0.29) is 5.91 Å². The fraction of sp³-hybridized carbons (Fsp3) is 0.417. The summed E-state index contributed by atoms with van der Waals surface area (Å²) in [5.41, 5.74) is 8.40. The molecule has 0 bridgehead atoms. The molecule has 0 atom stereocenters. The van der Waals surface area contributed by atoms with Crippen molar-refractivity contribution in [3.8, 4) is 0 Å². The van der Waals surface area contributed by atoms with Crippen LogP contribution in [-0.4, -0.2) is 13.0 Å². The standard InChI is InChI=1S/C12H16N2O/c1-12(2)10-8(7-13)5-4-6-9(10)14(3)11(12)15/h4-6H,7,13H2,1-3H3. The van der Waals surface area contributed by atoms with E-state index in [1.54, 1.807) is 4.90 Å². The number of rotatable bonds is 1. The van der Waals surface area contributed by atoms with Gasteiger partial charge in [-0.1, -0.05) is 12.1 Å². The van der Waals surface area contributed by atoms with Crippen molar-refractivity contribution in [2.75, 3.05) is 11.9 Å². The fourth-order valence-corrected chi connectivity index (χ4v) is 2.39. The normalized spacial score (nSPS) is 18.1. The van der Waals surface area contributed by atoms with Crippen LogP contribution in [0.5, 0.6) is 0 Å². The van der Waals surface area contributed by atoms with Crippen LogP contribution >= 0.6 is 0 Å². The topological polar surface area (TPSA) is 46.3 Å². The summed E-state index contributed by atoms with van der Waals surface area (Å²) in [6.45, 7) is 4.39. The van der Waals surface area contributed by atoms with Gasteiger partial charge in [0.25, 0.3) is 0 Å². The molecule has 0 unspecified atom stereocenters. The smallest absolute Gasteiger partial charge is 0.236 e. The lowest BCUT2D eigenvalue weighted by Crippen LogP contribution is -2.33. The van der Waals surface area contributed by atoms with E-state index in [4.69, 9.17) is 5.73 Å². The number of anilines is 1. The van der Waals surface area contributed by atoms with Crippen LogP contribution in [-0.2, 0) is 16.8 Å². The predicted molar refractivity (Wildman–Crippen MR) is 60.8 cm³/mol. The van der Waals surface area contributed by atoms with Crippen LogP contribution in [0.2, 0.25) is 0 Å². The van der Waals surface area contributed by atoms with Crippen molar-refractivity contribution in [2.45, 2.75) is 25.8 Å². The van der Waals surface area contributed by atoms with Gasteiger partial charge in [-0.15, -0.1) is 0 Å². The average molecular weight is 204 g/mol. The van der Waals surface area contributed by atoms with E-state index in [9.17, 15) is 4.79 Å². The Hall–Kier alpha value is -1.35. The quantitative estimate of drug-likeness (QED) is 0.751. The van der Waals surface area contributed by atoms with Crippen LogP contribution in [0.4, 0.5) is 5.69 Å². The first-order chi connectivity index (χ1) is 7.00. The van der Waals surface area contributed by atoms with Crippen LogP contribution in [0.25, 0.3) is 0 Å². The molecule has 0 aliphatic carbocycles. The number of amides is 1. The van der Waals surface area contributed by atoms with Crippen molar-refractivity contribution in [3.05, 3.63) is 29.3 Å². The van der Waals surface area contributed by atoms with Crippen molar-refractivity contribution in [3.63, 3.8) is 0 Å². The fourth-order valence-electron chi connectivity index (χ4n) is 2.39. The number of nitrogens with zero attached hydrogens (tertiary/aromatic N) is 1. The molecule has 3 heteroatoms. The first-order valence-corrected chi connectivity index (χ1v) is 5.10. The van der Waals surface area contributed by atoms with Crippen molar-refractivity contribution in [1.29, 1.82) is 0 Å². The van der Waals surface area contributed by atoms with Gasteiger partial charge in [0.05, 0.1) is 5.41 Å². The third-order valence-electron chi connectivity index (χ3n) is 3.17. The zero-order valence-corrected chi connectivity index (χ0v) is 9.37. The molecule has 1 heterocycles. The van der Waals surface area contributed by atoms with Gasteiger partial charge in [0.1, 0.15) is 0 Å². The van der Waals surface area contributed by atoms with E-state index in [2.05, 4.69) is 0 Å². The maximum absolute atomic E-state index is 12.0. The molecule has 0 spiro atoms. The van der Waals surface area contributed by atoms with Gasteiger partial charge in [-0.2, -0.15) is 0 Å². The Morgan fingerprint density at radius 2 is 2.07 bits per heavy atom. The molecule has 2 rings (SSSR count). The van der Waals surface area contributed by atoms with Crippen molar-refractivity contribution >= 4 is 11.6 Å². The molecule has 15 heavy (non-hydrogen) atoms. The summed E-state index contributed by atoms with van der Waals surface area (Å²) in [4.78, 5) is 13.8. The Labute approximate surface area is 89.9 Å². The molecule has 1 amide bonds. The highest BCUT2D eigenvalue weighted by Crippen LogP contribution is 2.42. The Kier molecular flexibility index (Phi) is 2.08. The maximum atomic E-state index is 12.0. The minimum atomic E-state index is -0.444. The Morgan fingerprint density at radius 3 is 2.67 bits per heavy atom. The molecule has 1 aromatic carbocycles. The summed E-state index contributed by atoms with van der Waals surface area (Å²) in [6, 6.07) is 5.92. The Balaban J connectivity index is 2.72. The van der Waals surface area contributed by atoms with E-state index in [0.717, 1.165) is 16.8 Å². The summed E-state index contributed by atoms with van der Waals surface area (Å²) in [5, 5.41) is 0. The van der Waals surface area contributed by atoms with Gasteiger partial charge in [-0.25, -0.2) is 0 Å². The van der Waals surface area contributed by atoms with Crippen LogP contribution in [0.15, 0.2) is 18.2 Å². The molecule has 0 saturated carbocycles. The number of nitrogens with two attached hydrogens (primary N) is 1. The van der Waals surface area contributed by atoms with Gasteiger partial charge >= 0.3 is 0 Å². The minimum Gasteiger partial charge on any atom is -0.326 e. The van der Waals surface area contributed by atoms with Gasteiger partial charge < -0.3 is 10.6 Å². The Bertz CT molecular complexity index is 424. The highest BCUT2D eigenvalue weighted by molar-refractivity contribution is 6.07. The summed E-state index contributed by atoms with van der Waals surface area (Å²) in [6.07, 6.45) is 0. The first-order valence-electron chi connectivity index (χ1n) is 5.10. The highest BCUT2D eigenvalue weighted by atomic mass is 16.2. The van der Waals surface area contributed by atoms with Crippen LogP contribution in [0.3, 0.4) is 0 Å². The largest absolute Gasteiger partial charge is 0.326 e. The maximum Gasteiger partial charge on any atom is 0.236 e. The molecule has 2 N–H and O–H groups in total. The Morgan fingerprint density at radius 1 is 1.40 bits per heavy atom. The van der Waals surface area contributed by atoms with E-state index in [0.29, 0.717) is 6.54 Å². The molecule has 3 nitrogen and oxygen atoms in total. The number of hydrogen-bond acceptors (Lipinski definition) is 2. The zero-order valence-electron chi connectivity index (χ0n) is 9.37. The number of benzene rings is 1. The van der Waals surface area contributed by atoms with Crippen LogP contribution in [0, 0.1) is 0 Å². The van der Waals surface area contributed by atoms with E-state index < -0.39 is 5.41 Å². The number of fused-ring (bicyclic) bond motifs is 1. The third kappa shape index (κ3) is 1.20. The second-order valence-electron chi connectivity index (χ2n) is 4.50. The lowest BCUT2D eigenvalue weighted by atomic mass is 9.83. The van der Waals surface area contributed by atoms with Gasteiger partial charge in [0.15, 0.2) is 0 Å². The number of hydrogen-bond donors (Lipinski definition) is 1. The molecular weight excluding hydrogens is 188 g/mol. The third-order valence-corrected chi connectivity index (χ3v) is 3.17. The molecule has 0 aromatic heterocycles. The predicted octanol–water partition coefficient (Wildman–Crippen LogP) is 1.40. The summed E-state index contributed by atoms with van der Waals surface area (Å²) >= 11 is 0. The molecule has 0 saturated heterocycles. The zero-order chi connectivity index (χ0) is 11.2. The SMILES string of the molecule is CN1C(=O)C(C)(C)c2c(CN)cccc21. The molecule has 0 radical (unpaired) electrons. The molecule has 1 aromatic rings. The van der Waals surface area contributed by atoms with Crippen molar-refractivity contribution < 1.29 is 4.79 Å². The first kappa shape index (κ1) is 10.2. The van der Waals surface area contributed by atoms with Gasteiger partial charge in [0, 0.05) is 19.3 Å². The summed E-state index contributed by atoms with van der Waals surface area (Å²) in [5.74, 6) is 0.137. The summed E-state index contributed by atoms with van der Waals surface area (Å²) < 4.78 is 0. The van der Waals surface area contributed by atoms with Crippen molar-refractivity contribution in [2.24, 2.45) is 5.73 Å². The molecular formula is C12H16N2O. The van der Waals surface area contributed by atoms with Crippen LogP contribution in [0.1, 0.15) is 25.0 Å².